The Hall–Kier alpha value is -2.64. The Bertz CT molecular complexity index is 970. The highest BCUT2D eigenvalue weighted by Gasteiger charge is 2.26. The minimum Gasteiger partial charge on any atom is -0.492 e. The van der Waals surface area contributed by atoms with Crippen LogP contribution in [0.1, 0.15) is 53.2 Å². The maximum Gasteiger partial charge on any atom is 0.204 e. The third-order valence-corrected chi connectivity index (χ3v) is 6.47. The average Bonchev–Trinajstić information content (AvgIpc) is 2.82. The van der Waals surface area contributed by atoms with E-state index in [2.05, 4.69) is 11.8 Å². The Morgan fingerprint density at radius 2 is 1.68 bits per heavy atom. The zero-order valence-electron chi connectivity index (χ0n) is 20.9. The number of hydrogen-bond donors (Lipinski definition) is 0. The molecule has 3 rings (SSSR count). The SMILES string of the molecule is COc1c(C)c(C)c(C(C)=O)c(OCCN2CCOCC2)c1OCCC(C)c1ccc(F)cc1. The zero-order chi connectivity index (χ0) is 24.7. The Labute approximate surface area is 201 Å². The molecule has 1 atom stereocenters. The standard InChI is InChI=1S/C27H36FNO5/c1-18(22-6-8-23(28)9-7-22)10-14-33-27-25(31-5)20(3)19(2)24(21(4)30)26(27)34-17-13-29-11-15-32-16-12-29/h6-9,18H,10-17H2,1-5H3. The minimum absolute atomic E-state index is 0.0749. The second-order valence-electron chi connectivity index (χ2n) is 8.76. The molecule has 1 aliphatic rings. The monoisotopic (exact) mass is 473 g/mol. The first-order valence-corrected chi connectivity index (χ1v) is 11.9. The summed E-state index contributed by atoms with van der Waals surface area (Å²) in [5.74, 6) is 1.34. The second-order valence-corrected chi connectivity index (χ2v) is 8.76. The summed E-state index contributed by atoms with van der Waals surface area (Å²) in [6.45, 7) is 12.2. The van der Waals surface area contributed by atoms with Gasteiger partial charge in [0.1, 0.15) is 12.4 Å². The van der Waals surface area contributed by atoms with Crippen LogP contribution in [-0.2, 0) is 4.74 Å². The summed E-state index contributed by atoms with van der Waals surface area (Å²) >= 11 is 0. The van der Waals surface area contributed by atoms with Crippen molar-refractivity contribution in [2.24, 2.45) is 0 Å². The predicted octanol–water partition coefficient (Wildman–Crippen LogP) is 4.94. The van der Waals surface area contributed by atoms with Crippen molar-refractivity contribution in [3.05, 3.63) is 52.3 Å². The van der Waals surface area contributed by atoms with Gasteiger partial charge in [-0.25, -0.2) is 4.39 Å². The summed E-state index contributed by atoms with van der Waals surface area (Å²) < 4.78 is 36.8. The fraction of sp³-hybridized carbons (Fsp3) is 0.519. The first-order chi connectivity index (χ1) is 16.3. The van der Waals surface area contributed by atoms with Crippen molar-refractivity contribution in [2.45, 2.75) is 40.0 Å². The van der Waals surface area contributed by atoms with Gasteiger partial charge < -0.3 is 18.9 Å². The fourth-order valence-electron chi connectivity index (χ4n) is 4.25. The van der Waals surface area contributed by atoms with Crippen molar-refractivity contribution in [2.75, 3.05) is 53.2 Å². The van der Waals surface area contributed by atoms with Gasteiger partial charge in [0, 0.05) is 19.6 Å². The molecule has 0 spiro atoms. The van der Waals surface area contributed by atoms with E-state index < -0.39 is 0 Å². The van der Waals surface area contributed by atoms with E-state index >= 15 is 0 Å². The maximum atomic E-state index is 13.3. The molecule has 1 heterocycles. The zero-order valence-corrected chi connectivity index (χ0v) is 20.9. The Morgan fingerprint density at radius 1 is 1.03 bits per heavy atom. The molecule has 186 valence electrons. The van der Waals surface area contributed by atoms with Gasteiger partial charge in [-0.1, -0.05) is 19.1 Å². The lowest BCUT2D eigenvalue weighted by molar-refractivity contribution is 0.0320. The van der Waals surface area contributed by atoms with Gasteiger partial charge in [0.2, 0.25) is 5.75 Å². The van der Waals surface area contributed by atoms with Crippen LogP contribution < -0.4 is 14.2 Å². The number of ether oxygens (including phenoxy) is 4. The molecule has 0 radical (unpaired) electrons. The fourth-order valence-corrected chi connectivity index (χ4v) is 4.25. The molecule has 34 heavy (non-hydrogen) atoms. The Kier molecular flexibility index (Phi) is 9.30. The molecule has 1 unspecified atom stereocenters. The number of nitrogens with zero attached hydrogens (tertiary/aromatic N) is 1. The Morgan fingerprint density at radius 3 is 2.29 bits per heavy atom. The van der Waals surface area contributed by atoms with Crippen LogP contribution in [0.15, 0.2) is 24.3 Å². The van der Waals surface area contributed by atoms with Gasteiger partial charge >= 0.3 is 0 Å². The summed E-state index contributed by atoms with van der Waals surface area (Å²) in [4.78, 5) is 14.9. The number of halogens is 1. The smallest absolute Gasteiger partial charge is 0.204 e. The van der Waals surface area contributed by atoms with Crippen LogP contribution in [0.5, 0.6) is 17.2 Å². The molecular formula is C27H36FNO5. The molecular weight excluding hydrogens is 437 g/mol. The third-order valence-electron chi connectivity index (χ3n) is 6.47. The van der Waals surface area contributed by atoms with Crippen LogP contribution in [0.4, 0.5) is 4.39 Å². The third kappa shape index (κ3) is 6.27. The van der Waals surface area contributed by atoms with Gasteiger partial charge in [-0.2, -0.15) is 0 Å². The molecule has 0 N–H and O–H groups in total. The van der Waals surface area contributed by atoms with Gasteiger partial charge in [-0.05, 0) is 61.9 Å². The maximum absolute atomic E-state index is 13.3. The lowest BCUT2D eigenvalue weighted by Crippen LogP contribution is -2.38. The topological polar surface area (TPSA) is 57.2 Å². The lowest BCUT2D eigenvalue weighted by Gasteiger charge is -2.27. The van der Waals surface area contributed by atoms with Crippen LogP contribution >= 0.6 is 0 Å². The van der Waals surface area contributed by atoms with Gasteiger partial charge in [0.05, 0.1) is 32.5 Å². The first kappa shape index (κ1) is 26.0. The van der Waals surface area contributed by atoms with Crippen molar-refractivity contribution in [3.63, 3.8) is 0 Å². The van der Waals surface area contributed by atoms with Gasteiger partial charge in [-0.15, -0.1) is 0 Å². The van der Waals surface area contributed by atoms with Gasteiger partial charge in [0.25, 0.3) is 0 Å². The number of Topliss-reactive ketones (excluding diaryl/α,β-unsaturated/α-hetero) is 1. The van der Waals surface area contributed by atoms with E-state index in [-0.39, 0.29) is 17.5 Å². The largest absolute Gasteiger partial charge is 0.492 e. The van der Waals surface area contributed by atoms with Crippen molar-refractivity contribution in [3.8, 4) is 17.2 Å². The molecule has 0 amide bonds. The second kappa shape index (κ2) is 12.2. The summed E-state index contributed by atoms with van der Waals surface area (Å²) in [5, 5.41) is 0. The summed E-state index contributed by atoms with van der Waals surface area (Å²) in [6.07, 6.45) is 0.713. The molecule has 1 saturated heterocycles. The van der Waals surface area contributed by atoms with E-state index in [9.17, 15) is 9.18 Å². The Balaban J connectivity index is 1.80. The highest BCUT2D eigenvalue weighted by Crippen LogP contribution is 2.45. The summed E-state index contributed by atoms with van der Waals surface area (Å²) in [7, 11) is 1.60. The van der Waals surface area contributed by atoms with Crippen LogP contribution in [0.3, 0.4) is 0 Å². The van der Waals surface area contributed by atoms with E-state index in [0.717, 1.165) is 49.5 Å². The summed E-state index contributed by atoms with van der Waals surface area (Å²) in [6, 6.07) is 6.53. The normalized spacial score (nSPS) is 15.1. The highest BCUT2D eigenvalue weighted by molar-refractivity contribution is 6.00. The molecule has 7 heteroatoms. The van der Waals surface area contributed by atoms with Crippen molar-refractivity contribution in [1.82, 2.24) is 4.90 Å². The molecule has 0 bridgehead atoms. The predicted molar refractivity (Wildman–Crippen MR) is 130 cm³/mol. The summed E-state index contributed by atoms with van der Waals surface area (Å²) in [5.41, 5.74) is 3.26. The van der Waals surface area contributed by atoms with Crippen molar-refractivity contribution >= 4 is 5.78 Å². The van der Waals surface area contributed by atoms with E-state index in [4.69, 9.17) is 18.9 Å². The van der Waals surface area contributed by atoms with E-state index in [1.54, 1.807) is 26.2 Å². The van der Waals surface area contributed by atoms with Gasteiger partial charge in [0.15, 0.2) is 17.3 Å². The van der Waals surface area contributed by atoms with Crippen LogP contribution in [0, 0.1) is 19.7 Å². The number of benzene rings is 2. The highest BCUT2D eigenvalue weighted by atomic mass is 19.1. The molecule has 0 aliphatic carbocycles. The van der Waals surface area contributed by atoms with E-state index in [0.29, 0.717) is 42.4 Å². The van der Waals surface area contributed by atoms with Gasteiger partial charge in [-0.3, -0.25) is 9.69 Å². The molecule has 0 saturated carbocycles. The first-order valence-electron chi connectivity index (χ1n) is 11.9. The number of rotatable bonds is 11. The number of morpholine rings is 1. The molecule has 2 aromatic carbocycles. The quantitative estimate of drug-likeness (QED) is 0.431. The molecule has 6 nitrogen and oxygen atoms in total. The molecule has 1 aliphatic heterocycles. The molecule has 1 fully saturated rings. The number of carbonyl (C=O) groups excluding carboxylic acids is 1. The van der Waals surface area contributed by atoms with Crippen LogP contribution in [0.25, 0.3) is 0 Å². The number of ketones is 1. The minimum atomic E-state index is -0.248. The lowest BCUT2D eigenvalue weighted by atomic mass is 9.97. The molecule has 2 aromatic rings. The van der Waals surface area contributed by atoms with Crippen LogP contribution in [0.2, 0.25) is 0 Å². The van der Waals surface area contributed by atoms with Crippen molar-refractivity contribution < 1.29 is 28.1 Å². The van der Waals surface area contributed by atoms with Crippen molar-refractivity contribution in [1.29, 1.82) is 0 Å². The average molecular weight is 474 g/mol. The number of hydrogen-bond acceptors (Lipinski definition) is 6. The molecule has 0 aromatic heterocycles. The van der Waals surface area contributed by atoms with E-state index in [1.165, 1.54) is 12.1 Å². The number of methoxy groups -OCH3 is 1. The number of carbonyl (C=O) groups is 1. The van der Waals surface area contributed by atoms with E-state index in [1.807, 2.05) is 13.8 Å². The van der Waals surface area contributed by atoms with Crippen LogP contribution in [-0.4, -0.2) is 63.9 Å².